The average Bonchev–Trinajstić information content (AvgIpc) is 3.13. The normalized spacial score (nSPS) is 14.9. The van der Waals surface area contributed by atoms with E-state index in [9.17, 15) is 0 Å². The predicted octanol–water partition coefficient (Wildman–Crippen LogP) is 4.00. The molecule has 3 heteroatoms. The molecule has 17 heavy (non-hydrogen) atoms. The SMILES string of the molecule is COc1ccc(-c2nc(C3CC3)sc2C)cc1. The maximum atomic E-state index is 5.17. The van der Waals surface area contributed by atoms with Gasteiger partial charge in [0.2, 0.25) is 0 Å². The number of hydrogen-bond acceptors (Lipinski definition) is 3. The molecule has 1 saturated carbocycles. The summed E-state index contributed by atoms with van der Waals surface area (Å²) in [7, 11) is 1.69. The van der Waals surface area contributed by atoms with Crippen molar-refractivity contribution in [3.05, 3.63) is 34.2 Å². The van der Waals surface area contributed by atoms with Crippen LogP contribution in [0.3, 0.4) is 0 Å². The van der Waals surface area contributed by atoms with E-state index in [4.69, 9.17) is 9.72 Å². The minimum atomic E-state index is 0.741. The number of ether oxygens (including phenoxy) is 1. The lowest BCUT2D eigenvalue weighted by Gasteiger charge is -2.01. The summed E-state index contributed by atoms with van der Waals surface area (Å²) in [5, 5.41) is 1.31. The summed E-state index contributed by atoms with van der Waals surface area (Å²) in [4.78, 5) is 6.09. The lowest BCUT2D eigenvalue weighted by molar-refractivity contribution is 0.415. The number of aromatic nitrogens is 1. The molecule has 3 rings (SSSR count). The third-order valence-corrected chi connectivity index (χ3v) is 4.24. The minimum absolute atomic E-state index is 0.741. The van der Waals surface area contributed by atoms with Crippen LogP contribution in [0.5, 0.6) is 5.75 Å². The van der Waals surface area contributed by atoms with Gasteiger partial charge in [-0.2, -0.15) is 0 Å². The maximum absolute atomic E-state index is 5.17. The number of methoxy groups -OCH3 is 1. The first kappa shape index (κ1) is 10.8. The van der Waals surface area contributed by atoms with Gasteiger partial charge in [0.25, 0.3) is 0 Å². The molecule has 1 aliphatic carbocycles. The Labute approximate surface area is 105 Å². The Balaban J connectivity index is 1.95. The van der Waals surface area contributed by atoms with Crippen molar-refractivity contribution < 1.29 is 4.74 Å². The molecule has 88 valence electrons. The summed E-state index contributed by atoms with van der Waals surface area (Å²) in [5.74, 6) is 1.63. The van der Waals surface area contributed by atoms with Gasteiger partial charge in [0.15, 0.2) is 0 Å². The van der Waals surface area contributed by atoms with Crippen LogP contribution in [0, 0.1) is 6.92 Å². The largest absolute Gasteiger partial charge is 0.497 e. The van der Waals surface area contributed by atoms with Gasteiger partial charge in [-0.1, -0.05) is 0 Å². The molecule has 0 radical (unpaired) electrons. The fourth-order valence-electron chi connectivity index (χ4n) is 1.94. The molecule has 1 heterocycles. The van der Waals surface area contributed by atoms with Crippen molar-refractivity contribution in [1.82, 2.24) is 4.98 Å². The molecular formula is C14H15NOS. The third kappa shape index (κ3) is 2.07. The molecule has 2 nitrogen and oxygen atoms in total. The molecule has 0 atom stereocenters. The number of aryl methyl sites for hydroxylation is 1. The number of rotatable bonds is 3. The van der Waals surface area contributed by atoms with E-state index < -0.39 is 0 Å². The second kappa shape index (κ2) is 4.15. The average molecular weight is 245 g/mol. The third-order valence-electron chi connectivity index (χ3n) is 3.10. The van der Waals surface area contributed by atoms with E-state index in [1.165, 1.54) is 28.3 Å². The van der Waals surface area contributed by atoms with E-state index >= 15 is 0 Å². The smallest absolute Gasteiger partial charge is 0.118 e. The van der Waals surface area contributed by atoms with Crippen LogP contribution >= 0.6 is 11.3 Å². The van der Waals surface area contributed by atoms with Crippen LogP contribution in [0.1, 0.15) is 28.6 Å². The zero-order valence-corrected chi connectivity index (χ0v) is 10.9. The van der Waals surface area contributed by atoms with Crippen LogP contribution in [0.4, 0.5) is 0 Å². The fourth-order valence-corrected chi connectivity index (χ4v) is 3.05. The van der Waals surface area contributed by atoms with Crippen LogP contribution in [0.15, 0.2) is 24.3 Å². The number of benzene rings is 1. The number of thiazole rings is 1. The zero-order chi connectivity index (χ0) is 11.8. The zero-order valence-electron chi connectivity index (χ0n) is 10.1. The van der Waals surface area contributed by atoms with E-state index in [2.05, 4.69) is 19.1 Å². The van der Waals surface area contributed by atoms with Gasteiger partial charge >= 0.3 is 0 Å². The van der Waals surface area contributed by atoms with E-state index in [0.717, 1.165) is 17.4 Å². The number of nitrogens with zero attached hydrogens (tertiary/aromatic N) is 1. The van der Waals surface area contributed by atoms with E-state index in [1.807, 2.05) is 23.5 Å². The fraction of sp³-hybridized carbons (Fsp3) is 0.357. The molecule has 0 aliphatic heterocycles. The van der Waals surface area contributed by atoms with Gasteiger partial charge in [0, 0.05) is 16.4 Å². The lowest BCUT2D eigenvalue weighted by Crippen LogP contribution is -1.84. The van der Waals surface area contributed by atoms with Gasteiger partial charge in [0.05, 0.1) is 17.8 Å². The molecule has 0 N–H and O–H groups in total. The van der Waals surface area contributed by atoms with Crippen LogP contribution in [0.25, 0.3) is 11.3 Å². The highest BCUT2D eigenvalue weighted by Gasteiger charge is 2.27. The first-order chi connectivity index (χ1) is 8.28. The first-order valence-electron chi connectivity index (χ1n) is 5.89. The highest BCUT2D eigenvalue weighted by atomic mass is 32.1. The van der Waals surface area contributed by atoms with E-state index in [-0.39, 0.29) is 0 Å². The summed E-state index contributed by atoms with van der Waals surface area (Å²) in [6.45, 7) is 2.16. The molecule has 0 unspecified atom stereocenters. The Morgan fingerprint density at radius 2 is 1.94 bits per heavy atom. The molecule has 2 aromatic rings. The monoisotopic (exact) mass is 245 g/mol. The van der Waals surface area contributed by atoms with Gasteiger partial charge in [0.1, 0.15) is 5.75 Å². The van der Waals surface area contributed by atoms with Crippen LogP contribution in [0.2, 0.25) is 0 Å². The van der Waals surface area contributed by atoms with Crippen molar-refractivity contribution in [3.8, 4) is 17.0 Å². The standard InChI is InChI=1S/C14H15NOS/c1-9-13(15-14(17-9)11-3-4-11)10-5-7-12(16-2)8-6-10/h5-8,11H,3-4H2,1-2H3. The molecular weight excluding hydrogens is 230 g/mol. The van der Waals surface area contributed by atoms with Gasteiger partial charge in [-0.25, -0.2) is 4.98 Å². The molecule has 1 fully saturated rings. The Hall–Kier alpha value is -1.35. The van der Waals surface area contributed by atoms with Crippen molar-refractivity contribution in [3.63, 3.8) is 0 Å². The molecule has 1 aliphatic rings. The summed E-state index contributed by atoms with van der Waals surface area (Å²) in [5.41, 5.74) is 2.33. The highest BCUT2D eigenvalue weighted by molar-refractivity contribution is 7.12. The van der Waals surface area contributed by atoms with Crippen molar-refractivity contribution in [2.24, 2.45) is 0 Å². The summed E-state index contributed by atoms with van der Waals surface area (Å²) >= 11 is 1.85. The predicted molar refractivity (Wildman–Crippen MR) is 70.8 cm³/mol. The summed E-state index contributed by atoms with van der Waals surface area (Å²) < 4.78 is 5.17. The topological polar surface area (TPSA) is 22.1 Å². The van der Waals surface area contributed by atoms with Crippen molar-refractivity contribution in [1.29, 1.82) is 0 Å². The van der Waals surface area contributed by atoms with Gasteiger partial charge < -0.3 is 4.74 Å². The maximum Gasteiger partial charge on any atom is 0.118 e. The number of hydrogen-bond donors (Lipinski definition) is 0. The summed E-state index contributed by atoms with van der Waals surface area (Å²) in [6, 6.07) is 8.14. The van der Waals surface area contributed by atoms with Crippen LogP contribution in [-0.2, 0) is 0 Å². The van der Waals surface area contributed by atoms with Gasteiger partial charge in [-0.05, 0) is 44.0 Å². The molecule has 0 bridgehead atoms. The molecule has 1 aromatic carbocycles. The minimum Gasteiger partial charge on any atom is -0.497 e. The lowest BCUT2D eigenvalue weighted by atomic mass is 10.1. The summed E-state index contributed by atoms with van der Waals surface area (Å²) in [6.07, 6.45) is 2.63. The van der Waals surface area contributed by atoms with Crippen molar-refractivity contribution >= 4 is 11.3 Å². The quantitative estimate of drug-likeness (QED) is 0.815. The van der Waals surface area contributed by atoms with Crippen molar-refractivity contribution in [2.45, 2.75) is 25.7 Å². The second-order valence-corrected chi connectivity index (χ2v) is 5.69. The van der Waals surface area contributed by atoms with Gasteiger partial charge in [-0.15, -0.1) is 11.3 Å². The highest BCUT2D eigenvalue weighted by Crippen LogP contribution is 2.44. The Morgan fingerprint density at radius 3 is 2.53 bits per heavy atom. The van der Waals surface area contributed by atoms with Crippen molar-refractivity contribution in [2.75, 3.05) is 7.11 Å². The van der Waals surface area contributed by atoms with Crippen LogP contribution in [-0.4, -0.2) is 12.1 Å². The van der Waals surface area contributed by atoms with E-state index in [0.29, 0.717) is 0 Å². The Bertz CT molecular complexity index is 526. The second-order valence-electron chi connectivity index (χ2n) is 4.46. The van der Waals surface area contributed by atoms with Gasteiger partial charge in [-0.3, -0.25) is 0 Å². The van der Waals surface area contributed by atoms with E-state index in [1.54, 1.807) is 7.11 Å². The Morgan fingerprint density at radius 1 is 1.24 bits per heavy atom. The Kier molecular flexibility index (Phi) is 2.63. The molecule has 1 aromatic heterocycles. The molecule has 0 saturated heterocycles. The molecule has 0 spiro atoms. The van der Waals surface area contributed by atoms with Crippen LogP contribution < -0.4 is 4.74 Å². The first-order valence-corrected chi connectivity index (χ1v) is 6.71. The molecule has 0 amide bonds.